The molecular formula is C22H27NO4. The second-order valence-electron chi connectivity index (χ2n) is 6.22. The molecule has 0 saturated carbocycles. The van der Waals surface area contributed by atoms with Crippen LogP contribution < -0.4 is 9.47 Å². The lowest BCUT2D eigenvalue weighted by molar-refractivity contribution is 0.0243. The van der Waals surface area contributed by atoms with Gasteiger partial charge in [0.2, 0.25) is 0 Å². The number of benzene rings is 2. The standard InChI is InChI=1S/C22H27NO4/c1-4-12-27-17-20(24)16-23(14-18-8-6-5-7-9-18)15-19-10-11-21(25-2)22(13-19)26-3/h1,5-11,13,20,24H,12,14-17H2,2-3H3. The summed E-state index contributed by atoms with van der Waals surface area (Å²) in [6, 6.07) is 16.0. The van der Waals surface area contributed by atoms with Crippen LogP contribution >= 0.6 is 0 Å². The van der Waals surface area contributed by atoms with E-state index in [1.54, 1.807) is 14.2 Å². The van der Waals surface area contributed by atoms with Gasteiger partial charge in [0.05, 0.1) is 26.9 Å². The van der Waals surface area contributed by atoms with Crippen LogP contribution in [0, 0.1) is 12.3 Å². The normalized spacial score (nSPS) is 11.8. The highest BCUT2D eigenvalue weighted by Crippen LogP contribution is 2.28. The zero-order valence-electron chi connectivity index (χ0n) is 15.9. The van der Waals surface area contributed by atoms with Crippen molar-refractivity contribution in [1.29, 1.82) is 0 Å². The summed E-state index contributed by atoms with van der Waals surface area (Å²) in [5.41, 5.74) is 2.25. The van der Waals surface area contributed by atoms with Crippen LogP contribution in [0.5, 0.6) is 11.5 Å². The van der Waals surface area contributed by atoms with Crippen LogP contribution in [-0.2, 0) is 17.8 Å². The van der Waals surface area contributed by atoms with E-state index >= 15 is 0 Å². The molecule has 27 heavy (non-hydrogen) atoms. The predicted molar refractivity (Wildman–Crippen MR) is 106 cm³/mol. The molecule has 5 nitrogen and oxygen atoms in total. The number of terminal acetylenes is 1. The number of methoxy groups -OCH3 is 2. The molecular weight excluding hydrogens is 342 g/mol. The molecule has 2 rings (SSSR count). The first-order chi connectivity index (χ1) is 13.2. The molecule has 1 N–H and O–H groups in total. The van der Waals surface area contributed by atoms with E-state index in [4.69, 9.17) is 20.6 Å². The van der Waals surface area contributed by atoms with Gasteiger partial charge in [-0.3, -0.25) is 4.90 Å². The fraction of sp³-hybridized carbons (Fsp3) is 0.364. The van der Waals surface area contributed by atoms with Crippen LogP contribution in [0.3, 0.4) is 0 Å². The average molecular weight is 369 g/mol. The average Bonchev–Trinajstić information content (AvgIpc) is 2.68. The summed E-state index contributed by atoms with van der Waals surface area (Å²) < 4.78 is 16.0. The minimum atomic E-state index is -0.623. The molecule has 0 radical (unpaired) electrons. The molecule has 0 aliphatic heterocycles. The van der Waals surface area contributed by atoms with Gasteiger partial charge in [0.1, 0.15) is 6.61 Å². The van der Waals surface area contributed by atoms with Crippen LogP contribution in [0.4, 0.5) is 0 Å². The first kappa shape index (κ1) is 20.8. The van der Waals surface area contributed by atoms with Crippen LogP contribution in [0.1, 0.15) is 11.1 Å². The lowest BCUT2D eigenvalue weighted by Gasteiger charge is -2.25. The van der Waals surface area contributed by atoms with E-state index in [1.807, 2.05) is 36.4 Å². The molecule has 0 heterocycles. The Hall–Kier alpha value is -2.52. The molecule has 0 saturated heterocycles. The number of ether oxygens (including phenoxy) is 3. The Morgan fingerprint density at radius 1 is 1.00 bits per heavy atom. The number of hydrogen-bond acceptors (Lipinski definition) is 5. The van der Waals surface area contributed by atoms with Crippen molar-refractivity contribution in [2.45, 2.75) is 19.2 Å². The Kier molecular flexibility index (Phi) is 8.66. The molecule has 1 unspecified atom stereocenters. The van der Waals surface area contributed by atoms with Crippen LogP contribution in [0.25, 0.3) is 0 Å². The van der Waals surface area contributed by atoms with Crippen LogP contribution in [0.15, 0.2) is 48.5 Å². The van der Waals surface area contributed by atoms with Gasteiger partial charge >= 0.3 is 0 Å². The van der Waals surface area contributed by atoms with Crippen molar-refractivity contribution in [2.24, 2.45) is 0 Å². The van der Waals surface area contributed by atoms with E-state index in [1.165, 1.54) is 5.56 Å². The lowest BCUT2D eigenvalue weighted by Crippen LogP contribution is -2.34. The number of aliphatic hydroxyl groups is 1. The van der Waals surface area contributed by atoms with Gasteiger partial charge in [0, 0.05) is 19.6 Å². The van der Waals surface area contributed by atoms with Crippen molar-refractivity contribution in [3.8, 4) is 23.8 Å². The minimum Gasteiger partial charge on any atom is -0.493 e. The van der Waals surface area contributed by atoms with E-state index in [2.05, 4.69) is 23.0 Å². The lowest BCUT2D eigenvalue weighted by atomic mass is 10.1. The second kappa shape index (κ2) is 11.2. The van der Waals surface area contributed by atoms with Crippen LogP contribution in [0.2, 0.25) is 0 Å². The smallest absolute Gasteiger partial charge is 0.161 e. The zero-order chi connectivity index (χ0) is 19.5. The molecule has 0 aliphatic carbocycles. The van der Waals surface area contributed by atoms with Gasteiger partial charge in [-0.25, -0.2) is 0 Å². The van der Waals surface area contributed by atoms with Crippen molar-refractivity contribution in [1.82, 2.24) is 4.90 Å². The quantitative estimate of drug-likeness (QED) is 0.488. The Bertz CT molecular complexity index is 727. The van der Waals surface area contributed by atoms with Gasteiger partial charge in [-0.1, -0.05) is 42.3 Å². The van der Waals surface area contributed by atoms with Gasteiger partial charge in [0.25, 0.3) is 0 Å². The largest absolute Gasteiger partial charge is 0.493 e. The molecule has 0 spiro atoms. The summed E-state index contributed by atoms with van der Waals surface area (Å²) in [7, 11) is 3.24. The molecule has 0 amide bonds. The molecule has 144 valence electrons. The maximum absolute atomic E-state index is 10.3. The van der Waals surface area contributed by atoms with Gasteiger partial charge < -0.3 is 19.3 Å². The highest BCUT2D eigenvalue weighted by atomic mass is 16.5. The molecule has 2 aromatic carbocycles. The molecule has 5 heteroatoms. The summed E-state index contributed by atoms with van der Waals surface area (Å²) in [6.45, 7) is 2.24. The fourth-order valence-electron chi connectivity index (χ4n) is 2.87. The van der Waals surface area contributed by atoms with Gasteiger partial charge in [-0.15, -0.1) is 6.42 Å². The molecule has 0 bridgehead atoms. The number of aliphatic hydroxyl groups excluding tert-OH is 1. The summed E-state index contributed by atoms with van der Waals surface area (Å²) in [5, 5.41) is 10.3. The Morgan fingerprint density at radius 3 is 2.37 bits per heavy atom. The zero-order valence-corrected chi connectivity index (χ0v) is 15.9. The van der Waals surface area contributed by atoms with Gasteiger partial charge in [0.15, 0.2) is 11.5 Å². The Labute approximate surface area is 161 Å². The molecule has 0 aliphatic rings. The van der Waals surface area contributed by atoms with Crippen LogP contribution in [-0.4, -0.2) is 50.1 Å². The Morgan fingerprint density at radius 2 is 1.70 bits per heavy atom. The molecule has 0 aromatic heterocycles. The monoisotopic (exact) mass is 369 g/mol. The maximum atomic E-state index is 10.3. The molecule has 2 aromatic rings. The van der Waals surface area contributed by atoms with Crippen molar-refractivity contribution >= 4 is 0 Å². The summed E-state index contributed by atoms with van der Waals surface area (Å²) in [5.74, 6) is 3.79. The SMILES string of the molecule is C#CCOCC(O)CN(Cc1ccccc1)Cc1ccc(OC)c(OC)c1. The van der Waals surface area contributed by atoms with Crippen molar-refractivity contribution < 1.29 is 19.3 Å². The maximum Gasteiger partial charge on any atom is 0.161 e. The molecule has 0 fully saturated rings. The van der Waals surface area contributed by atoms with E-state index in [9.17, 15) is 5.11 Å². The van der Waals surface area contributed by atoms with E-state index in [0.717, 1.165) is 5.56 Å². The first-order valence-electron chi connectivity index (χ1n) is 8.82. The van der Waals surface area contributed by atoms with Gasteiger partial charge in [-0.2, -0.15) is 0 Å². The van der Waals surface area contributed by atoms with Crippen molar-refractivity contribution in [3.63, 3.8) is 0 Å². The third-order valence-corrected chi connectivity index (χ3v) is 4.07. The number of nitrogens with zero attached hydrogens (tertiary/aromatic N) is 1. The van der Waals surface area contributed by atoms with Crippen molar-refractivity contribution in [2.75, 3.05) is 34.0 Å². The van der Waals surface area contributed by atoms with E-state index in [-0.39, 0.29) is 13.2 Å². The third kappa shape index (κ3) is 6.95. The fourth-order valence-corrected chi connectivity index (χ4v) is 2.87. The number of rotatable bonds is 11. The number of hydrogen-bond donors (Lipinski definition) is 1. The topological polar surface area (TPSA) is 51.2 Å². The van der Waals surface area contributed by atoms with Gasteiger partial charge in [-0.05, 0) is 23.3 Å². The second-order valence-corrected chi connectivity index (χ2v) is 6.22. The van der Waals surface area contributed by atoms with Crippen molar-refractivity contribution in [3.05, 3.63) is 59.7 Å². The summed E-state index contributed by atoms with van der Waals surface area (Å²) in [6.07, 6.45) is 4.56. The summed E-state index contributed by atoms with van der Waals surface area (Å²) in [4.78, 5) is 2.17. The minimum absolute atomic E-state index is 0.200. The third-order valence-electron chi connectivity index (χ3n) is 4.07. The van der Waals surface area contributed by atoms with E-state index in [0.29, 0.717) is 31.1 Å². The summed E-state index contributed by atoms with van der Waals surface area (Å²) >= 11 is 0. The highest BCUT2D eigenvalue weighted by Gasteiger charge is 2.14. The Balaban J connectivity index is 2.10. The van der Waals surface area contributed by atoms with E-state index < -0.39 is 6.10 Å². The molecule has 1 atom stereocenters. The first-order valence-corrected chi connectivity index (χ1v) is 8.82. The highest BCUT2D eigenvalue weighted by molar-refractivity contribution is 5.42. The predicted octanol–water partition coefficient (Wildman–Crippen LogP) is 2.72.